The third-order valence-corrected chi connectivity index (χ3v) is 8.43. The van der Waals surface area contributed by atoms with Gasteiger partial charge < -0.3 is 4.74 Å². The van der Waals surface area contributed by atoms with Crippen molar-refractivity contribution in [1.82, 2.24) is 4.98 Å². The van der Waals surface area contributed by atoms with Gasteiger partial charge in [-0.15, -0.1) is 0 Å². The molecule has 0 N–H and O–H groups in total. The van der Waals surface area contributed by atoms with E-state index in [1.165, 1.54) is 12.5 Å². The number of hydrogen-bond donors (Lipinski definition) is 0. The highest BCUT2D eigenvalue weighted by atomic mass is 19.3. The number of aromatic nitrogens is 1. The molecule has 2 atom stereocenters. The maximum Gasteiger partial charge on any atom is 0.280 e. The van der Waals surface area contributed by atoms with Crippen LogP contribution in [0, 0.1) is 23.5 Å². The zero-order chi connectivity index (χ0) is 30.5. The van der Waals surface area contributed by atoms with E-state index in [4.69, 9.17) is 4.74 Å². The fraction of sp³-hybridized carbons (Fsp3) is 0.676. The van der Waals surface area contributed by atoms with Crippen LogP contribution in [0.3, 0.4) is 0 Å². The van der Waals surface area contributed by atoms with Crippen molar-refractivity contribution < 1.29 is 31.1 Å². The van der Waals surface area contributed by atoms with Crippen molar-refractivity contribution in [3.8, 4) is 17.0 Å². The van der Waals surface area contributed by atoms with Gasteiger partial charge in [-0.05, 0) is 49.4 Å². The number of alkyl halides is 3. The first-order valence-electron chi connectivity index (χ1n) is 16.0. The maximum absolute atomic E-state index is 15.4. The van der Waals surface area contributed by atoms with Gasteiger partial charge in [-0.3, -0.25) is 0 Å². The van der Waals surface area contributed by atoms with Gasteiger partial charge in [0.15, 0.2) is 11.6 Å². The lowest BCUT2D eigenvalue weighted by atomic mass is 9.78. The second-order valence-corrected chi connectivity index (χ2v) is 11.8. The Kier molecular flexibility index (Phi) is 14.0. The van der Waals surface area contributed by atoms with Crippen LogP contribution in [0.1, 0.15) is 128 Å². The van der Waals surface area contributed by atoms with Crippen molar-refractivity contribution in [1.29, 1.82) is 0 Å². The molecule has 1 aliphatic carbocycles. The Labute approximate surface area is 247 Å². The minimum absolute atomic E-state index is 0.0633. The topological polar surface area (TPSA) is 22.1 Å². The number of hydrogen-bond acceptors (Lipinski definition) is 2. The van der Waals surface area contributed by atoms with Crippen LogP contribution in [-0.2, 0) is 12.3 Å². The Hall–Kier alpha value is -2.25. The van der Waals surface area contributed by atoms with E-state index in [9.17, 15) is 8.78 Å². The van der Waals surface area contributed by atoms with Crippen LogP contribution in [0.25, 0.3) is 11.3 Å². The molecule has 8 heteroatoms. The quantitative estimate of drug-likeness (QED) is 0.0910. The Morgan fingerprint density at radius 2 is 1.48 bits per heavy atom. The molecule has 2 nitrogen and oxygen atoms in total. The molecule has 2 unspecified atom stereocenters. The number of halogens is 6. The highest BCUT2D eigenvalue weighted by Gasteiger charge is 2.47. The molecule has 1 aromatic heterocycles. The minimum Gasteiger partial charge on any atom is -0.487 e. The molecule has 0 saturated carbocycles. The monoisotopic (exact) mass is 599 g/mol. The van der Waals surface area contributed by atoms with E-state index in [0.717, 1.165) is 76.3 Å². The molecule has 1 heterocycles. The summed E-state index contributed by atoms with van der Waals surface area (Å²) >= 11 is 0. The van der Waals surface area contributed by atoms with Crippen LogP contribution in [0.5, 0.6) is 5.75 Å². The summed E-state index contributed by atoms with van der Waals surface area (Å²) in [5.74, 6) is -8.87. The van der Waals surface area contributed by atoms with Crippen molar-refractivity contribution >= 4 is 0 Å². The van der Waals surface area contributed by atoms with Crippen LogP contribution in [-0.4, -0.2) is 17.8 Å². The van der Waals surface area contributed by atoms with Crippen LogP contribution in [0.2, 0.25) is 0 Å². The number of unbranched alkanes of at least 4 members (excludes halogenated alkanes) is 11. The predicted octanol–water partition coefficient (Wildman–Crippen LogP) is 11.4. The maximum atomic E-state index is 15.4. The zero-order valence-electron chi connectivity index (χ0n) is 25.2. The molecule has 0 saturated heterocycles. The number of nitrogens with zero attached hydrogens (tertiary/aromatic N) is 1. The van der Waals surface area contributed by atoms with E-state index >= 15 is 17.6 Å². The van der Waals surface area contributed by atoms with E-state index in [1.54, 1.807) is 0 Å². The Balaban J connectivity index is 1.61. The van der Waals surface area contributed by atoms with Gasteiger partial charge in [0.1, 0.15) is 12.8 Å². The fourth-order valence-electron chi connectivity index (χ4n) is 5.89. The van der Waals surface area contributed by atoms with Crippen LogP contribution in [0.4, 0.5) is 26.3 Å². The second-order valence-electron chi connectivity index (χ2n) is 11.8. The molecule has 0 amide bonds. The Morgan fingerprint density at radius 1 is 0.857 bits per heavy atom. The van der Waals surface area contributed by atoms with Gasteiger partial charge in [0, 0.05) is 11.5 Å². The molecule has 1 aliphatic rings. The van der Waals surface area contributed by atoms with E-state index in [-0.39, 0.29) is 36.1 Å². The first-order chi connectivity index (χ1) is 20.2. The van der Waals surface area contributed by atoms with Crippen LogP contribution < -0.4 is 4.74 Å². The van der Waals surface area contributed by atoms with Crippen LogP contribution in [0.15, 0.2) is 18.2 Å². The second kappa shape index (κ2) is 17.1. The Morgan fingerprint density at radius 3 is 2.14 bits per heavy atom. The highest BCUT2D eigenvalue weighted by Crippen LogP contribution is 2.48. The molecular weight excluding hydrogens is 552 g/mol. The molecule has 0 aliphatic heterocycles. The average molecular weight is 600 g/mol. The number of ether oxygens (including phenoxy) is 1. The minimum atomic E-state index is -3.38. The number of benzene rings is 1. The molecule has 2 aromatic rings. The van der Waals surface area contributed by atoms with Gasteiger partial charge in [0.2, 0.25) is 11.8 Å². The number of fused-ring (bicyclic) bond motifs is 1. The third kappa shape index (κ3) is 9.37. The highest BCUT2D eigenvalue weighted by molar-refractivity contribution is 5.63. The smallest absolute Gasteiger partial charge is 0.280 e. The molecule has 1 aromatic carbocycles. The van der Waals surface area contributed by atoms with Crippen molar-refractivity contribution in [2.75, 3.05) is 6.61 Å². The average Bonchev–Trinajstić information content (AvgIpc) is 2.95. The first kappa shape index (κ1) is 34.2. The lowest BCUT2D eigenvalue weighted by Crippen LogP contribution is -2.33. The van der Waals surface area contributed by atoms with Gasteiger partial charge >= 0.3 is 0 Å². The molecule has 3 rings (SSSR count). The molecule has 42 heavy (non-hydrogen) atoms. The van der Waals surface area contributed by atoms with E-state index in [0.29, 0.717) is 19.3 Å². The third-order valence-electron chi connectivity index (χ3n) is 8.43. The molecule has 0 radical (unpaired) electrons. The first-order valence-corrected chi connectivity index (χ1v) is 16.0. The predicted molar refractivity (Wildman–Crippen MR) is 156 cm³/mol. The van der Waals surface area contributed by atoms with Gasteiger partial charge in [0.05, 0.1) is 11.3 Å². The van der Waals surface area contributed by atoms with Crippen molar-refractivity contribution in [3.63, 3.8) is 0 Å². The summed E-state index contributed by atoms with van der Waals surface area (Å²) < 4.78 is 95.1. The largest absolute Gasteiger partial charge is 0.487 e. The summed E-state index contributed by atoms with van der Waals surface area (Å²) in [5.41, 5.74) is -1.29. The number of pyridine rings is 1. The summed E-state index contributed by atoms with van der Waals surface area (Å²) in [4.78, 5) is 3.64. The molecule has 0 bridgehead atoms. The van der Waals surface area contributed by atoms with Gasteiger partial charge in [0.25, 0.3) is 5.92 Å². The van der Waals surface area contributed by atoms with Gasteiger partial charge in [-0.25, -0.2) is 22.5 Å². The molecule has 236 valence electrons. The Bertz CT molecular complexity index is 1110. The van der Waals surface area contributed by atoms with E-state index < -0.39 is 53.5 Å². The summed E-state index contributed by atoms with van der Waals surface area (Å²) in [7, 11) is 0. The van der Waals surface area contributed by atoms with Crippen molar-refractivity contribution in [3.05, 3.63) is 46.9 Å². The fourth-order valence-corrected chi connectivity index (χ4v) is 5.89. The van der Waals surface area contributed by atoms with Gasteiger partial charge in [-0.2, -0.15) is 8.78 Å². The summed E-state index contributed by atoms with van der Waals surface area (Å²) in [6.45, 7) is 3.85. The summed E-state index contributed by atoms with van der Waals surface area (Å²) in [6, 6.07) is 3.52. The number of rotatable bonds is 19. The number of aryl methyl sites for hydroxylation is 1. The van der Waals surface area contributed by atoms with Gasteiger partial charge in [-0.1, -0.05) is 97.3 Å². The standard InChI is InChI=1S/C34H47F6NO/c1-3-5-7-9-11-12-14-16-25-19-18-24-22-28(41-33(38)30(24)34(25,39)40)27-20-21-29(32(37)31(27)36)42-23-26(35)17-15-13-10-8-6-4-2/h20-22,25-26H,3-19,23H2,1-2H3. The van der Waals surface area contributed by atoms with Crippen molar-refractivity contribution in [2.24, 2.45) is 5.92 Å². The lowest BCUT2D eigenvalue weighted by Gasteiger charge is -2.33. The van der Waals surface area contributed by atoms with Crippen molar-refractivity contribution in [2.45, 2.75) is 135 Å². The summed E-state index contributed by atoms with van der Waals surface area (Å²) in [6.07, 6.45) is 12.8. The van der Waals surface area contributed by atoms with E-state index in [1.807, 2.05) is 0 Å². The van der Waals surface area contributed by atoms with Crippen LogP contribution >= 0.6 is 0 Å². The molecular formula is C34H47F6NO. The normalized spacial score (nSPS) is 16.8. The summed E-state index contributed by atoms with van der Waals surface area (Å²) in [5, 5.41) is 0. The SMILES string of the molecule is CCCCCCCCCC1CCc2cc(-c3ccc(OCC(F)CCCCCCCC)c(F)c3F)nc(F)c2C1(F)F. The lowest BCUT2D eigenvalue weighted by molar-refractivity contribution is -0.0824. The zero-order valence-corrected chi connectivity index (χ0v) is 25.2. The van der Waals surface area contributed by atoms with E-state index in [2.05, 4.69) is 18.8 Å². The molecule has 0 fully saturated rings. The molecule has 0 spiro atoms.